The lowest BCUT2D eigenvalue weighted by Gasteiger charge is -2.11. The summed E-state index contributed by atoms with van der Waals surface area (Å²) in [5, 5.41) is 5.56. The number of aromatic nitrogens is 3. The van der Waals surface area contributed by atoms with Gasteiger partial charge in [-0.15, -0.1) is 0 Å². The van der Waals surface area contributed by atoms with Gasteiger partial charge in [-0.2, -0.15) is 0 Å². The molecule has 0 aliphatic heterocycles. The lowest BCUT2D eigenvalue weighted by Crippen LogP contribution is -2.05. The van der Waals surface area contributed by atoms with Crippen LogP contribution in [0.2, 0.25) is 0 Å². The third-order valence-corrected chi connectivity index (χ3v) is 2.89. The number of benzene rings is 1. The molecule has 1 aromatic carbocycles. The quantitative estimate of drug-likeness (QED) is 0.763. The summed E-state index contributed by atoms with van der Waals surface area (Å²) in [6.07, 6.45) is 7.46. The zero-order chi connectivity index (χ0) is 12.4. The highest BCUT2D eigenvalue weighted by molar-refractivity contribution is 5.89. The summed E-state index contributed by atoms with van der Waals surface area (Å²) in [5.41, 5.74) is 1.11. The number of nitrogens with zero attached hydrogens (tertiary/aromatic N) is 3. The lowest BCUT2D eigenvalue weighted by atomic mass is 10.1. The first-order valence-corrected chi connectivity index (χ1v) is 6.00. The second kappa shape index (κ2) is 4.49. The van der Waals surface area contributed by atoms with E-state index in [-0.39, 0.29) is 0 Å². The van der Waals surface area contributed by atoms with Crippen LogP contribution in [-0.4, -0.2) is 21.1 Å². The van der Waals surface area contributed by atoms with Crippen molar-refractivity contribution in [3.8, 4) is 5.69 Å². The zero-order valence-electron chi connectivity index (χ0n) is 10.2. The average molecular weight is 238 g/mol. The molecule has 0 spiro atoms. The average Bonchev–Trinajstić information content (AvgIpc) is 2.87. The molecule has 2 heterocycles. The fourth-order valence-corrected chi connectivity index (χ4v) is 2.10. The number of hydrogen-bond acceptors (Lipinski definition) is 3. The van der Waals surface area contributed by atoms with Gasteiger partial charge in [-0.25, -0.2) is 4.98 Å². The molecule has 0 bridgehead atoms. The van der Waals surface area contributed by atoms with Crippen LogP contribution in [0.15, 0.2) is 49.1 Å². The molecule has 0 fully saturated rings. The van der Waals surface area contributed by atoms with Crippen molar-refractivity contribution < 1.29 is 0 Å². The number of hydrogen-bond donors (Lipinski definition) is 1. The van der Waals surface area contributed by atoms with Crippen LogP contribution in [0.25, 0.3) is 16.5 Å². The van der Waals surface area contributed by atoms with Gasteiger partial charge in [-0.05, 0) is 19.1 Å². The van der Waals surface area contributed by atoms with E-state index in [0.29, 0.717) is 0 Å². The molecular formula is C14H14N4. The zero-order valence-corrected chi connectivity index (χ0v) is 10.2. The molecule has 0 saturated heterocycles. The fourth-order valence-electron chi connectivity index (χ4n) is 2.10. The maximum Gasteiger partial charge on any atom is 0.207 e. The van der Waals surface area contributed by atoms with Crippen molar-refractivity contribution in [1.82, 2.24) is 14.5 Å². The van der Waals surface area contributed by atoms with Gasteiger partial charge < -0.3 is 5.32 Å². The molecule has 90 valence electrons. The molecule has 1 N–H and O–H groups in total. The number of fused-ring (bicyclic) bond motifs is 1. The predicted molar refractivity (Wildman–Crippen MR) is 73.0 cm³/mol. The van der Waals surface area contributed by atoms with E-state index in [4.69, 9.17) is 0 Å². The summed E-state index contributed by atoms with van der Waals surface area (Å²) >= 11 is 0. The van der Waals surface area contributed by atoms with Gasteiger partial charge in [-0.1, -0.05) is 12.1 Å². The van der Waals surface area contributed by atoms with Crippen molar-refractivity contribution in [3.63, 3.8) is 0 Å². The minimum atomic E-state index is 0.851. The number of imidazole rings is 1. The Morgan fingerprint density at radius 1 is 1.22 bits per heavy atom. The molecule has 0 unspecified atom stereocenters. The highest BCUT2D eigenvalue weighted by Crippen LogP contribution is 2.23. The number of rotatable bonds is 3. The van der Waals surface area contributed by atoms with E-state index < -0.39 is 0 Å². The molecule has 0 radical (unpaired) electrons. The Kier molecular flexibility index (Phi) is 2.68. The Bertz CT molecular complexity index is 667. The number of nitrogens with one attached hydrogen (secondary N) is 1. The normalized spacial score (nSPS) is 10.7. The minimum Gasteiger partial charge on any atom is -0.356 e. The Morgan fingerprint density at radius 3 is 3.06 bits per heavy atom. The maximum absolute atomic E-state index is 4.33. The van der Waals surface area contributed by atoms with Crippen LogP contribution >= 0.6 is 0 Å². The molecule has 0 amide bonds. The highest BCUT2D eigenvalue weighted by Gasteiger charge is 2.07. The van der Waals surface area contributed by atoms with Gasteiger partial charge >= 0.3 is 0 Å². The molecule has 0 aliphatic rings. The monoisotopic (exact) mass is 238 g/mol. The molecule has 3 rings (SSSR count). The summed E-state index contributed by atoms with van der Waals surface area (Å²) in [6.45, 7) is 2.91. The Morgan fingerprint density at radius 2 is 2.17 bits per heavy atom. The molecule has 2 aromatic heterocycles. The third-order valence-electron chi connectivity index (χ3n) is 2.89. The molecular weight excluding hydrogens is 224 g/mol. The molecule has 4 nitrogen and oxygen atoms in total. The van der Waals surface area contributed by atoms with E-state index in [0.717, 1.165) is 23.6 Å². The first kappa shape index (κ1) is 10.8. The van der Waals surface area contributed by atoms with Crippen molar-refractivity contribution in [2.75, 3.05) is 11.9 Å². The van der Waals surface area contributed by atoms with Crippen molar-refractivity contribution in [3.05, 3.63) is 49.1 Å². The van der Waals surface area contributed by atoms with Gasteiger partial charge in [0.25, 0.3) is 0 Å². The van der Waals surface area contributed by atoms with Crippen molar-refractivity contribution >= 4 is 16.7 Å². The first-order valence-electron chi connectivity index (χ1n) is 6.00. The fraction of sp³-hybridized carbons (Fsp3) is 0.143. The van der Waals surface area contributed by atoms with Gasteiger partial charge in [0.05, 0.1) is 5.69 Å². The van der Waals surface area contributed by atoms with Gasteiger partial charge in [0.1, 0.15) is 0 Å². The third kappa shape index (κ3) is 1.72. The van der Waals surface area contributed by atoms with E-state index >= 15 is 0 Å². The molecule has 18 heavy (non-hydrogen) atoms. The molecule has 0 atom stereocenters. The summed E-state index contributed by atoms with van der Waals surface area (Å²) in [5.74, 6) is 0.863. The van der Waals surface area contributed by atoms with Gasteiger partial charge in [-0.3, -0.25) is 9.55 Å². The SMILES string of the molecule is CCNc1nccn1-c1cccc2cnccc12. The molecule has 3 aromatic rings. The van der Waals surface area contributed by atoms with Crippen LogP contribution < -0.4 is 5.32 Å². The Hall–Kier alpha value is -2.36. The van der Waals surface area contributed by atoms with E-state index in [9.17, 15) is 0 Å². The van der Waals surface area contributed by atoms with Crippen LogP contribution in [0, 0.1) is 0 Å². The van der Waals surface area contributed by atoms with Crippen LogP contribution in [0.3, 0.4) is 0 Å². The minimum absolute atomic E-state index is 0.851. The number of pyridine rings is 1. The second-order valence-corrected chi connectivity index (χ2v) is 4.03. The molecule has 0 saturated carbocycles. The summed E-state index contributed by atoms with van der Waals surface area (Å²) in [4.78, 5) is 8.48. The van der Waals surface area contributed by atoms with Gasteiger partial charge in [0.2, 0.25) is 5.95 Å². The molecule has 0 aliphatic carbocycles. The smallest absolute Gasteiger partial charge is 0.207 e. The van der Waals surface area contributed by atoms with Crippen molar-refractivity contribution in [2.45, 2.75) is 6.92 Å². The van der Waals surface area contributed by atoms with Crippen LogP contribution in [0.1, 0.15) is 6.92 Å². The summed E-state index contributed by atoms with van der Waals surface area (Å²) in [6, 6.07) is 8.22. The van der Waals surface area contributed by atoms with Crippen molar-refractivity contribution in [1.29, 1.82) is 0 Å². The molecule has 4 heteroatoms. The first-order chi connectivity index (χ1) is 8.90. The van der Waals surface area contributed by atoms with E-state index in [2.05, 4.69) is 38.9 Å². The second-order valence-electron chi connectivity index (χ2n) is 4.03. The van der Waals surface area contributed by atoms with Gasteiger partial charge in [0, 0.05) is 42.1 Å². The topological polar surface area (TPSA) is 42.7 Å². The van der Waals surface area contributed by atoms with Crippen LogP contribution in [0.5, 0.6) is 0 Å². The maximum atomic E-state index is 4.33. The number of anilines is 1. The Labute approximate surface area is 105 Å². The van der Waals surface area contributed by atoms with E-state index in [1.165, 1.54) is 5.39 Å². The van der Waals surface area contributed by atoms with Crippen LogP contribution in [0.4, 0.5) is 5.95 Å². The highest BCUT2D eigenvalue weighted by atomic mass is 15.2. The van der Waals surface area contributed by atoms with Gasteiger partial charge in [0.15, 0.2) is 0 Å². The Balaban J connectivity index is 2.22. The summed E-state index contributed by atoms with van der Waals surface area (Å²) in [7, 11) is 0. The van der Waals surface area contributed by atoms with Crippen molar-refractivity contribution in [2.24, 2.45) is 0 Å². The summed E-state index contributed by atoms with van der Waals surface area (Å²) < 4.78 is 2.06. The predicted octanol–water partition coefficient (Wildman–Crippen LogP) is 2.85. The lowest BCUT2D eigenvalue weighted by molar-refractivity contribution is 1.03. The van der Waals surface area contributed by atoms with E-state index in [1.807, 2.05) is 30.7 Å². The van der Waals surface area contributed by atoms with Crippen LogP contribution in [-0.2, 0) is 0 Å². The standard InChI is InChI=1S/C14H14N4/c1-2-16-14-17-8-9-18(14)13-5-3-4-11-10-15-7-6-12(11)13/h3-10H,2H2,1H3,(H,16,17). The largest absolute Gasteiger partial charge is 0.356 e. The van der Waals surface area contributed by atoms with E-state index in [1.54, 1.807) is 6.20 Å².